The first-order chi connectivity index (χ1) is 7.57. The Morgan fingerprint density at radius 3 is 2.81 bits per heavy atom. The van der Waals surface area contributed by atoms with E-state index in [9.17, 15) is 0 Å². The normalized spacial score (nSPS) is 16.7. The summed E-state index contributed by atoms with van der Waals surface area (Å²) in [5.74, 6) is 1.19. The van der Waals surface area contributed by atoms with Crippen LogP contribution in [0.3, 0.4) is 0 Å². The van der Waals surface area contributed by atoms with Crippen LogP contribution in [-0.4, -0.2) is 22.1 Å². The third-order valence-corrected chi connectivity index (χ3v) is 3.39. The predicted molar refractivity (Wildman–Crippen MR) is 66.3 cm³/mol. The van der Waals surface area contributed by atoms with E-state index in [1.165, 1.54) is 25.1 Å². The number of aromatic nitrogens is 2. The van der Waals surface area contributed by atoms with E-state index in [0.29, 0.717) is 5.41 Å². The van der Waals surface area contributed by atoms with Gasteiger partial charge in [0, 0.05) is 38.4 Å². The molecule has 0 radical (unpaired) electrons. The fraction of sp³-hybridized carbons (Fsp3) is 0.769. The lowest BCUT2D eigenvalue weighted by molar-refractivity contribution is 0.310. The molecule has 0 unspecified atom stereocenters. The summed E-state index contributed by atoms with van der Waals surface area (Å²) in [5.41, 5.74) is 0.370. The lowest BCUT2D eigenvalue weighted by Crippen LogP contribution is -2.31. The number of imidazole rings is 1. The molecular formula is C13H23N3. The molecule has 0 aromatic carbocycles. The van der Waals surface area contributed by atoms with E-state index in [2.05, 4.69) is 35.8 Å². The maximum Gasteiger partial charge on any atom is 0.108 e. The average Bonchev–Trinajstić information content (AvgIpc) is 2.97. The van der Waals surface area contributed by atoms with Gasteiger partial charge in [0.05, 0.1) is 0 Å². The molecule has 2 rings (SSSR count). The van der Waals surface area contributed by atoms with Crippen LogP contribution in [0.2, 0.25) is 0 Å². The molecule has 0 spiro atoms. The Labute approximate surface area is 98.3 Å². The Hall–Kier alpha value is -0.830. The van der Waals surface area contributed by atoms with Crippen molar-refractivity contribution in [1.29, 1.82) is 0 Å². The number of hydrogen-bond donors (Lipinski definition) is 1. The topological polar surface area (TPSA) is 29.9 Å². The minimum Gasteiger partial charge on any atom is -0.338 e. The van der Waals surface area contributed by atoms with E-state index in [1.54, 1.807) is 0 Å². The molecule has 0 amide bonds. The summed E-state index contributed by atoms with van der Waals surface area (Å²) in [4.78, 5) is 4.37. The van der Waals surface area contributed by atoms with Crippen molar-refractivity contribution in [3.05, 3.63) is 18.2 Å². The van der Waals surface area contributed by atoms with Gasteiger partial charge >= 0.3 is 0 Å². The highest BCUT2D eigenvalue weighted by Gasteiger charge is 2.25. The maximum absolute atomic E-state index is 4.37. The number of hydrogen-bond acceptors (Lipinski definition) is 2. The summed E-state index contributed by atoms with van der Waals surface area (Å²) < 4.78 is 2.12. The zero-order chi connectivity index (χ0) is 11.6. The van der Waals surface area contributed by atoms with Crippen molar-refractivity contribution in [2.45, 2.75) is 45.6 Å². The average molecular weight is 221 g/mol. The van der Waals surface area contributed by atoms with Gasteiger partial charge in [0.1, 0.15) is 5.82 Å². The van der Waals surface area contributed by atoms with Gasteiger partial charge in [-0.15, -0.1) is 0 Å². The van der Waals surface area contributed by atoms with E-state index in [4.69, 9.17) is 0 Å². The second-order valence-electron chi connectivity index (χ2n) is 5.77. The summed E-state index contributed by atoms with van der Waals surface area (Å²) in [6.07, 6.45) is 8.90. The summed E-state index contributed by atoms with van der Waals surface area (Å²) in [6, 6.07) is 0.812. The summed E-state index contributed by atoms with van der Waals surface area (Å²) in [6.45, 7) is 5.80. The molecule has 1 aromatic heterocycles. The van der Waals surface area contributed by atoms with Crippen molar-refractivity contribution >= 4 is 0 Å². The molecule has 1 N–H and O–H groups in total. The Morgan fingerprint density at radius 2 is 2.25 bits per heavy atom. The van der Waals surface area contributed by atoms with Crippen molar-refractivity contribution < 1.29 is 0 Å². The summed E-state index contributed by atoms with van der Waals surface area (Å²) >= 11 is 0. The minimum atomic E-state index is 0.370. The van der Waals surface area contributed by atoms with Gasteiger partial charge in [0.25, 0.3) is 0 Å². The van der Waals surface area contributed by atoms with Gasteiger partial charge in [-0.3, -0.25) is 0 Å². The molecule has 90 valence electrons. The molecule has 1 fully saturated rings. The van der Waals surface area contributed by atoms with Crippen LogP contribution in [0.5, 0.6) is 0 Å². The molecule has 0 bridgehead atoms. The molecule has 0 aliphatic heterocycles. The van der Waals surface area contributed by atoms with E-state index >= 15 is 0 Å². The zero-order valence-electron chi connectivity index (χ0n) is 10.7. The lowest BCUT2D eigenvalue weighted by Gasteiger charge is -2.25. The fourth-order valence-corrected chi connectivity index (χ4v) is 1.88. The fourth-order valence-electron chi connectivity index (χ4n) is 1.88. The largest absolute Gasteiger partial charge is 0.338 e. The number of nitrogens with one attached hydrogen (secondary N) is 1. The lowest BCUT2D eigenvalue weighted by atomic mass is 9.87. The first-order valence-corrected chi connectivity index (χ1v) is 6.26. The van der Waals surface area contributed by atoms with Crippen molar-refractivity contribution in [1.82, 2.24) is 14.9 Å². The van der Waals surface area contributed by atoms with Crippen LogP contribution in [0.4, 0.5) is 0 Å². The Balaban J connectivity index is 1.76. The molecule has 0 atom stereocenters. The minimum absolute atomic E-state index is 0.370. The van der Waals surface area contributed by atoms with Crippen molar-refractivity contribution in [2.75, 3.05) is 6.54 Å². The van der Waals surface area contributed by atoms with Gasteiger partial charge in [0.2, 0.25) is 0 Å². The monoisotopic (exact) mass is 221 g/mol. The highest BCUT2D eigenvalue weighted by molar-refractivity contribution is 4.93. The van der Waals surface area contributed by atoms with Crippen LogP contribution in [0.25, 0.3) is 0 Å². The van der Waals surface area contributed by atoms with E-state index in [0.717, 1.165) is 19.0 Å². The molecule has 1 aliphatic rings. The van der Waals surface area contributed by atoms with Gasteiger partial charge in [-0.1, -0.05) is 13.8 Å². The van der Waals surface area contributed by atoms with Crippen LogP contribution in [0, 0.1) is 5.41 Å². The molecule has 3 nitrogen and oxygen atoms in total. The predicted octanol–water partition coefficient (Wildman–Crippen LogP) is 2.13. The first-order valence-electron chi connectivity index (χ1n) is 6.26. The van der Waals surface area contributed by atoms with Crippen LogP contribution in [-0.2, 0) is 13.5 Å². The molecule has 16 heavy (non-hydrogen) atoms. The van der Waals surface area contributed by atoms with E-state index in [-0.39, 0.29) is 0 Å². The quantitative estimate of drug-likeness (QED) is 0.797. The molecular weight excluding hydrogens is 198 g/mol. The van der Waals surface area contributed by atoms with Gasteiger partial charge < -0.3 is 9.88 Å². The van der Waals surface area contributed by atoms with Crippen LogP contribution in [0.1, 0.15) is 38.9 Å². The maximum atomic E-state index is 4.37. The van der Waals surface area contributed by atoms with E-state index < -0.39 is 0 Å². The van der Waals surface area contributed by atoms with Crippen molar-refractivity contribution in [3.63, 3.8) is 0 Å². The van der Waals surface area contributed by atoms with Crippen LogP contribution < -0.4 is 5.32 Å². The first kappa shape index (κ1) is 11.6. The van der Waals surface area contributed by atoms with Gasteiger partial charge in [-0.25, -0.2) is 4.98 Å². The van der Waals surface area contributed by atoms with E-state index in [1.807, 2.05) is 12.4 Å². The number of aryl methyl sites for hydroxylation is 2. The van der Waals surface area contributed by atoms with Gasteiger partial charge in [-0.2, -0.15) is 0 Å². The molecule has 1 saturated carbocycles. The number of nitrogens with zero attached hydrogens (tertiary/aromatic N) is 2. The highest BCUT2D eigenvalue weighted by atomic mass is 15.0. The second-order valence-corrected chi connectivity index (χ2v) is 5.77. The Morgan fingerprint density at radius 1 is 1.50 bits per heavy atom. The van der Waals surface area contributed by atoms with Gasteiger partial charge in [0.15, 0.2) is 0 Å². The molecule has 1 heterocycles. The molecule has 0 saturated heterocycles. The summed E-state index contributed by atoms with van der Waals surface area (Å²) in [5, 5.41) is 3.61. The third-order valence-electron chi connectivity index (χ3n) is 3.39. The van der Waals surface area contributed by atoms with Crippen molar-refractivity contribution in [2.24, 2.45) is 12.5 Å². The molecule has 1 aromatic rings. The molecule has 1 aliphatic carbocycles. The van der Waals surface area contributed by atoms with Gasteiger partial charge in [-0.05, 0) is 24.7 Å². The smallest absolute Gasteiger partial charge is 0.108 e. The standard InChI is InChI=1S/C13H23N3/c1-13(2,10-15-11-4-5-11)7-6-12-14-8-9-16(12)3/h8-9,11,15H,4-7,10H2,1-3H3. The highest BCUT2D eigenvalue weighted by Crippen LogP contribution is 2.25. The molecule has 3 heteroatoms. The Kier molecular flexibility index (Phi) is 3.33. The Bertz CT molecular complexity index is 337. The van der Waals surface area contributed by atoms with Crippen molar-refractivity contribution in [3.8, 4) is 0 Å². The van der Waals surface area contributed by atoms with Crippen LogP contribution >= 0.6 is 0 Å². The van der Waals surface area contributed by atoms with Crippen LogP contribution in [0.15, 0.2) is 12.4 Å². The number of rotatable bonds is 6. The second kappa shape index (κ2) is 4.58. The third kappa shape index (κ3) is 3.34. The summed E-state index contributed by atoms with van der Waals surface area (Å²) in [7, 11) is 2.07. The zero-order valence-corrected chi connectivity index (χ0v) is 10.7. The SMILES string of the molecule is Cn1ccnc1CCC(C)(C)CNC1CC1.